The lowest BCUT2D eigenvalue weighted by atomic mass is 9.94. The predicted octanol–water partition coefficient (Wildman–Crippen LogP) is 0.300. The average molecular weight is 98.1 g/mol. The molecule has 1 rings (SSSR count). The predicted molar refractivity (Wildman–Crippen MR) is 25.8 cm³/mol. The highest BCUT2D eigenvalue weighted by Gasteiger charge is 2.16. The van der Waals surface area contributed by atoms with Crippen LogP contribution in [0.5, 0.6) is 0 Å². The highest BCUT2D eigenvalue weighted by Crippen LogP contribution is 2.17. The van der Waals surface area contributed by atoms with Crippen LogP contribution in [-0.2, 0) is 4.79 Å². The molecule has 0 saturated heterocycles. The fourth-order valence-corrected chi connectivity index (χ4v) is 0.622. The van der Waals surface area contributed by atoms with Crippen LogP contribution in [0.4, 0.5) is 0 Å². The summed E-state index contributed by atoms with van der Waals surface area (Å²) in [6.07, 6.45) is 4.16. The zero-order valence-electron chi connectivity index (χ0n) is 4.13. The third-order valence-electron chi connectivity index (χ3n) is 1.35. The Bertz CT molecular complexity index is 68.5. The lowest BCUT2D eigenvalue weighted by molar-refractivity contribution is -0.110. The number of carbonyl (C=O) groups excluding carboxylic acids is 1. The van der Waals surface area contributed by atoms with E-state index in [9.17, 15) is 4.79 Å². The van der Waals surface area contributed by atoms with Crippen molar-refractivity contribution < 1.29 is 4.79 Å². The van der Waals surface area contributed by atoms with Crippen molar-refractivity contribution in [1.82, 2.24) is 5.32 Å². The van der Waals surface area contributed by atoms with Crippen LogP contribution in [0.1, 0.15) is 19.3 Å². The van der Waals surface area contributed by atoms with Crippen molar-refractivity contribution in [1.29, 1.82) is 0 Å². The fourth-order valence-electron chi connectivity index (χ4n) is 0.622. The smallest absolute Gasteiger partial charge is 0.228 e. The molecule has 0 aliphatic heterocycles. The largest absolute Gasteiger partial charge is 0.277 e. The van der Waals surface area contributed by atoms with Crippen LogP contribution in [-0.4, -0.2) is 12.5 Å². The number of hydrogen-bond donors (Lipinski definition) is 0. The molecule has 1 amide bonds. The SMILES string of the molecule is O=C[N]C1CCC1. The number of carbonyl (C=O) groups is 1. The monoisotopic (exact) mass is 98.1 g/mol. The molecule has 0 aromatic carbocycles. The molecule has 2 heteroatoms. The Labute approximate surface area is 42.9 Å². The molecule has 1 radical (unpaired) electrons. The van der Waals surface area contributed by atoms with Gasteiger partial charge < -0.3 is 0 Å². The van der Waals surface area contributed by atoms with Gasteiger partial charge in [0.15, 0.2) is 0 Å². The van der Waals surface area contributed by atoms with E-state index in [-0.39, 0.29) is 0 Å². The summed E-state index contributed by atoms with van der Waals surface area (Å²) >= 11 is 0. The van der Waals surface area contributed by atoms with E-state index in [0.717, 1.165) is 12.8 Å². The van der Waals surface area contributed by atoms with Crippen molar-refractivity contribution in [3.05, 3.63) is 0 Å². The Morgan fingerprint density at radius 3 is 2.43 bits per heavy atom. The summed E-state index contributed by atoms with van der Waals surface area (Å²) in [5, 5.41) is 3.65. The molecule has 1 aliphatic rings. The normalized spacial score (nSPS) is 20.6. The summed E-state index contributed by atoms with van der Waals surface area (Å²) < 4.78 is 0. The standard InChI is InChI=1S/C5H8NO/c7-4-6-5-2-1-3-5/h4-5H,1-3H2. The fraction of sp³-hybridized carbons (Fsp3) is 0.800. The molecule has 0 atom stereocenters. The zero-order valence-corrected chi connectivity index (χ0v) is 4.13. The molecule has 1 aliphatic carbocycles. The van der Waals surface area contributed by atoms with Crippen LogP contribution in [0.3, 0.4) is 0 Å². The molecule has 1 fully saturated rings. The van der Waals surface area contributed by atoms with E-state index in [1.807, 2.05) is 0 Å². The van der Waals surface area contributed by atoms with Crippen LogP contribution >= 0.6 is 0 Å². The Kier molecular flexibility index (Phi) is 1.29. The number of hydrogen-bond acceptors (Lipinski definition) is 1. The Morgan fingerprint density at radius 2 is 2.29 bits per heavy atom. The summed E-state index contributed by atoms with van der Waals surface area (Å²) in [5.74, 6) is 0. The van der Waals surface area contributed by atoms with Gasteiger partial charge in [-0.2, -0.15) is 0 Å². The highest BCUT2D eigenvalue weighted by molar-refractivity contribution is 5.46. The van der Waals surface area contributed by atoms with Crippen molar-refractivity contribution in [2.24, 2.45) is 0 Å². The van der Waals surface area contributed by atoms with Crippen LogP contribution < -0.4 is 5.32 Å². The average Bonchev–Trinajstić information content (AvgIpc) is 1.55. The summed E-state index contributed by atoms with van der Waals surface area (Å²) in [6.45, 7) is 0. The molecular formula is C5H8NO. The highest BCUT2D eigenvalue weighted by atomic mass is 16.1. The first-order valence-electron chi connectivity index (χ1n) is 2.57. The van der Waals surface area contributed by atoms with Gasteiger partial charge in [0.05, 0.1) is 6.04 Å². The topological polar surface area (TPSA) is 31.2 Å². The zero-order chi connectivity index (χ0) is 5.11. The van der Waals surface area contributed by atoms with Crippen LogP contribution in [0.15, 0.2) is 0 Å². The minimum absolute atomic E-state index is 0.387. The summed E-state index contributed by atoms with van der Waals surface area (Å²) in [4.78, 5) is 9.64. The van der Waals surface area contributed by atoms with E-state index in [1.165, 1.54) is 6.42 Å². The van der Waals surface area contributed by atoms with Crippen LogP contribution in [0, 0.1) is 0 Å². The van der Waals surface area contributed by atoms with Gasteiger partial charge in [0.25, 0.3) is 0 Å². The van der Waals surface area contributed by atoms with Gasteiger partial charge in [-0.3, -0.25) is 10.1 Å². The quantitative estimate of drug-likeness (QED) is 0.457. The molecule has 0 N–H and O–H groups in total. The molecule has 0 aromatic heterocycles. The van der Waals surface area contributed by atoms with E-state index in [0.29, 0.717) is 12.5 Å². The minimum Gasteiger partial charge on any atom is -0.277 e. The number of amides is 1. The van der Waals surface area contributed by atoms with Crippen LogP contribution in [0.2, 0.25) is 0 Å². The molecule has 0 heterocycles. The van der Waals surface area contributed by atoms with Crippen molar-refractivity contribution in [3.63, 3.8) is 0 Å². The molecule has 0 aromatic rings. The van der Waals surface area contributed by atoms with E-state index in [1.54, 1.807) is 0 Å². The van der Waals surface area contributed by atoms with Gasteiger partial charge in [-0.25, -0.2) is 0 Å². The van der Waals surface area contributed by atoms with E-state index >= 15 is 0 Å². The van der Waals surface area contributed by atoms with Crippen molar-refractivity contribution in [2.75, 3.05) is 0 Å². The van der Waals surface area contributed by atoms with Gasteiger partial charge in [-0.1, -0.05) is 0 Å². The third-order valence-corrected chi connectivity index (χ3v) is 1.35. The van der Waals surface area contributed by atoms with Crippen LogP contribution in [0.25, 0.3) is 0 Å². The first kappa shape index (κ1) is 4.62. The van der Waals surface area contributed by atoms with Gasteiger partial charge in [0.1, 0.15) is 0 Å². The Balaban J connectivity index is 2.03. The molecule has 39 valence electrons. The maximum atomic E-state index is 9.64. The molecule has 2 nitrogen and oxygen atoms in total. The molecule has 0 spiro atoms. The van der Waals surface area contributed by atoms with Crippen molar-refractivity contribution in [2.45, 2.75) is 25.3 Å². The number of nitrogens with zero attached hydrogens (tertiary/aromatic N) is 1. The molecule has 0 bridgehead atoms. The molecule has 0 unspecified atom stereocenters. The third kappa shape index (κ3) is 0.918. The first-order chi connectivity index (χ1) is 3.43. The van der Waals surface area contributed by atoms with Gasteiger partial charge in [-0.05, 0) is 19.3 Å². The molecule has 7 heavy (non-hydrogen) atoms. The van der Waals surface area contributed by atoms with E-state index < -0.39 is 0 Å². The second kappa shape index (κ2) is 1.96. The number of rotatable bonds is 2. The second-order valence-electron chi connectivity index (χ2n) is 1.84. The maximum absolute atomic E-state index is 9.64. The van der Waals surface area contributed by atoms with Gasteiger partial charge >= 0.3 is 0 Å². The second-order valence-corrected chi connectivity index (χ2v) is 1.84. The lowest BCUT2D eigenvalue weighted by Gasteiger charge is -2.21. The summed E-state index contributed by atoms with van der Waals surface area (Å²) in [5.41, 5.74) is 0. The first-order valence-corrected chi connectivity index (χ1v) is 2.57. The van der Waals surface area contributed by atoms with Gasteiger partial charge in [-0.15, -0.1) is 0 Å². The Morgan fingerprint density at radius 1 is 1.57 bits per heavy atom. The van der Waals surface area contributed by atoms with Crippen molar-refractivity contribution in [3.8, 4) is 0 Å². The van der Waals surface area contributed by atoms with Crippen molar-refractivity contribution >= 4 is 6.41 Å². The molecule has 1 saturated carbocycles. The molecular weight excluding hydrogens is 90.1 g/mol. The summed E-state index contributed by atoms with van der Waals surface area (Å²) in [7, 11) is 0. The maximum Gasteiger partial charge on any atom is 0.228 e. The van der Waals surface area contributed by atoms with E-state index in [2.05, 4.69) is 5.32 Å². The van der Waals surface area contributed by atoms with Gasteiger partial charge in [0, 0.05) is 0 Å². The summed E-state index contributed by atoms with van der Waals surface area (Å²) in [6, 6.07) is 0.387. The Hall–Kier alpha value is -0.530. The lowest BCUT2D eigenvalue weighted by Crippen LogP contribution is -2.27. The van der Waals surface area contributed by atoms with E-state index in [4.69, 9.17) is 0 Å². The van der Waals surface area contributed by atoms with Gasteiger partial charge in [0.2, 0.25) is 6.41 Å². The minimum atomic E-state index is 0.387.